The molecule has 1 atom stereocenters. The monoisotopic (exact) mass is 325 g/mol. The minimum atomic E-state index is -4.55. The van der Waals surface area contributed by atoms with Gasteiger partial charge in [-0.05, 0) is 33.2 Å². The molecule has 5 nitrogen and oxygen atoms in total. The Morgan fingerprint density at radius 3 is 2.52 bits per heavy atom. The predicted octanol–water partition coefficient (Wildman–Crippen LogP) is 2.92. The van der Waals surface area contributed by atoms with Gasteiger partial charge in [-0.3, -0.25) is 4.98 Å². The summed E-state index contributed by atoms with van der Waals surface area (Å²) in [5, 5.41) is 2.93. The summed E-state index contributed by atoms with van der Waals surface area (Å²) in [7, 11) is 3.79. The van der Waals surface area contributed by atoms with Gasteiger partial charge in [-0.2, -0.15) is 13.2 Å². The summed E-state index contributed by atoms with van der Waals surface area (Å²) in [5.41, 5.74) is -0.699. The standard InChI is InChI=1S/C15H18F3N5/c1-10(23(2)3)9-20-13-8-12(15(16,17)18)21-14(22-13)11-6-4-5-7-19-11/h4-8,10H,9H2,1-3H3,(H,20,21,22). The van der Waals surface area contributed by atoms with Crippen molar-refractivity contribution in [2.24, 2.45) is 0 Å². The summed E-state index contributed by atoms with van der Waals surface area (Å²) in [6, 6.07) is 5.97. The Labute approximate surface area is 132 Å². The van der Waals surface area contributed by atoms with E-state index >= 15 is 0 Å². The second-order valence-electron chi connectivity index (χ2n) is 5.37. The van der Waals surface area contributed by atoms with Gasteiger partial charge in [-0.15, -0.1) is 0 Å². The Balaban J connectivity index is 2.34. The molecule has 23 heavy (non-hydrogen) atoms. The molecule has 0 saturated carbocycles. The number of alkyl halides is 3. The minimum Gasteiger partial charge on any atom is -0.368 e. The summed E-state index contributed by atoms with van der Waals surface area (Å²) >= 11 is 0. The molecule has 0 bridgehead atoms. The number of hydrogen-bond donors (Lipinski definition) is 1. The summed E-state index contributed by atoms with van der Waals surface area (Å²) in [6.45, 7) is 2.42. The first-order valence-corrected chi connectivity index (χ1v) is 7.05. The van der Waals surface area contributed by atoms with Gasteiger partial charge in [-0.25, -0.2) is 9.97 Å². The number of halogens is 3. The highest BCUT2D eigenvalue weighted by Gasteiger charge is 2.34. The van der Waals surface area contributed by atoms with Gasteiger partial charge in [0.25, 0.3) is 0 Å². The van der Waals surface area contributed by atoms with Crippen molar-refractivity contribution in [3.63, 3.8) is 0 Å². The third kappa shape index (κ3) is 4.62. The van der Waals surface area contributed by atoms with E-state index in [1.165, 1.54) is 6.20 Å². The lowest BCUT2D eigenvalue weighted by Gasteiger charge is -2.20. The van der Waals surface area contributed by atoms with Crippen LogP contribution >= 0.6 is 0 Å². The van der Waals surface area contributed by atoms with Crippen molar-refractivity contribution in [2.75, 3.05) is 26.0 Å². The predicted molar refractivity (Wildman–Crippen MR) is 81.9 cm³/mol. The quantitative estimate of drug-likeness (QED) is 0.916. The number of hydrogen-bond acceptors (Lipinski definition) is 5. The Kier molecular flexibility index (Phi) is 5.15. The maximum atomic E-state index is 13.0. The van der Waals surface area contributed by atoms with Crippen molar-refractivity contribution in [1.29, 1.82) is 0 Å². The van der Waals surface area contributed by atoms with Crippen LogP contribution in [0.5, 0.6) is 0 Å². The number of nitrogens with one attached hydrogen (secondary N) is 1. The highest BCUT2D eigenvalue weighted by atomic mass is 19.4. The average molecular weight is 325 g/mol. The van der Waals surface area contributed by atoms with Gasteiger partial charge in [0, 0.05) is 24.8 Å². The molecule has 0 aromatic carbocycles. The van der Waals surface area contributed by atoms with Gasteiger partial charge in [0.05, 0.1) is 0 Å². The van der Waals surface area contributed by atoms with Crippen molar-refractivity contribution in [3.8, 4) is 11.5 Å². The second-order valence-corrected chi connectivity index (χ2v) is 5.37. The van der Waals surface area contributed by atoms with Crippen LogP contribution in [0, 0.1) is 0 Å². The molecule has 2 aromatic heterocycles. The first-order valence-electron chi connectivity index (χ1n) is 7.05. The van der Waals surface area contributed by atoms with Crippen molar-refractivity contribution in [2.45, 2.75) is 19.1 Å². The average Bonchev–Trinajstić information content (AvgIpc) is 2.52. The van der Waals surface area contributed by atoms with Gasteiger partial charge >= 0.3 is 6.18 Å². The van der Waals surface area contributed by atoms with Crippen LogP contribution in [-0.2, 0) is 6.18 Å². The van der Waals surface area contributed by atoms with E-state index in [1.807, 2.05) is 25.9 Å². The van der Waals surface area contributed by atoms with Crippen molar-refractivity contribution < 1.29 is 13.2 Å². The molecule has 2 heterocycles. The molecule has 2 aromatic rings. The van der Waals surface area contributed by atoms with Gasteiger partial charge in [0.1, 0.15) is 11.5 Å². The Morgan fingerprint density at radius 1 is 1.22 bits per heavy atom. The molecule has 0 saturated heterocycles. The molecule has 0 aliphatic carbocycles. The van der Waals surface area contributed by atoms with Crippen LogP contribution in [0.1, 0.15) is 12.6 Å². The van der Waals surface area contributed by atoms with Crippen LogP contribution in [0.15, 0.2) is 30.5 Å². The Bertz CT molecular complexity index is 643. The normalized spacial score (nSPS) is 13.2. The third-order valence-electron chi connectivity index (χ3n) is 3.37. The van der Waals surface area contributed by atoms with E-state index in [4.69, 9.17) is 0 Å². The number of nitrogens with zero attached hydrogens (tertiary/aromatic N) is 4. The highest BCUT2D eigenvalue weighted by Crippen LogP contribution is 2.30. The zero-order valence-corrected chi connectivity index (χ0v) is 13.1. The number of likely N-dealkylation sites (N-methyl/N-ethyl adjacent to an activating group) is 1. The molecular formula is C15H18F3N5. The Morgan fingerprint density at radius 2 is 1.96 bits per heavy atom. The van der Waals surface area contributed by atoms with E-state index in [1.54, 1.807) is 18.2 Å². The molecule has 0 spiro atoms. The number of rotatable bonds is 5. The molecule has 8 heteroatoms. The van der Waals surface area contributed by atoms with E-state index in [9.17, 15) is 13.2 Å². The second kappa shape index (κ2) is 6.91. The lowest BCUT2D eigenvalue weighted by Crippen LogP contribution is -2.31. The van der Waals surface area contributed by atoms with E-state index in [0.717, 1.165) is 6.07 Å². The van der Waals surface area contributed by atoms with Crippen LogP contribution in [0.25, 0.3) is 11.5 Å². The maximum Gasteiger partial charge on any atom is 0.433 e. The number of pyridine rings is 1. The fraction of sp³-hybridized carbons (Fsp3) is 0.400. The fourth-order valence-electron chi connectivity index (χ4n) is 1.73. The van der Waals surface area contributed by atoms with E-state index in [2.05, 4.69) is 20.3 Å². The smallest absolute Gasteiger partial charge is 0.368 e. The molecule has 1 unspecified atom stereocenters. The molecular weight excluding hydrogens is 307 g/mol. The SMILES string of the molecule is CC(CNc1cc(C(F)(F)F)nc(-c2ccccn2)n1)N(C)C. The summed E-state index contributed by atoms with van der Waals surface area (Å²) in [4.78, 5) is 13.7. The number of aromatic nitrogens is 3. The van der Waals surface area contributed by atoms with Gasteiger partial charge in [-0.1, -0.05) is 6.07 Å². The van der Waals surface area contributed by atoms with E-state index in [-0.39, 0.29) is 17.7 Å². The molecule has 124 valence electrons. The van der Waals surface area contributed by atoms with Crippen molar-refractivity contribution in [3.05, 3.63) is 36.2 Å². The first-order chi connectivity index (χ1) is 10.8. The van der Waals surface area contributed by atoms with Crippen LogP contribution in [0.2, 0.25) is 0 Å². The van der Waals surface area contributed by atoms with Crippen LogP contribution in [0.4, 0.5) is 19.0 Å². The largest absolute Gasteiger partial charge is 0.433 e. The lowest BCUT2D eigenvalue weighted by atomic mass is 10.3. The van der Waals surface area contributed by atoms with E-state index < -0.39 is 11.9 Å². The molecule has 0 aliphatic rings. The van der Waals surface area contributed by atoms with Crippen LogP contribution in [-0.4, -0.2) is 46.5 Å². The van der Waals surface area contributed by atoms with Gasteiger partial charge < -0.3 is 10.2 Å². The fourth-order valence-corrected chi connectivity index (χ4v) is 1.73. The highest BCUT2D eigenvalue weighted by molar-refractivity contribution is 5.53. The summed E-state index contributed by atoms with van der Waals surface area (Å²) in [5.74, 6) is 0.0714. The molecule has 0 aliphatic heterocycles. The van der Waals surface area contributed by atoms with Crippen LogP contribution in [0.3, 0.4) is 0 Å². The van der Waals surface area contributed by atoms with Gasteiger partial charge in [0.2, 0.25) is 0 Å². The molecule has 0 fully saturated rings. The first kappa shape index (κ1) is 17.1. The zero-order valence-electron chi connectivity index (χ0n) is 13.1. The Hall–Kier alpha value is -2.22. The van der Waals surface area contributed by atoms with Crippen LogP contribution < -0.4 is 5.32 Å². The molecule has 0 amide bonds. The number of anilines is 1. The van der Waals surface area contributed by atoms with Crippen molar-refractivity contribution in [1.82, 2.24) is 19.9 Å². The third-order valence-corrected chi connectivity index (χ3v) is 3.37. The molecule has 0 radical (unpaired) electrons. The van der Waals surface area contributed by atoms with E-state index in [0.29, 0.717) is 12.2 Å². The zero-order chi connectivity index (χ0) is 17.0. The molecule has 1 N–H and O–H groups in total. The lowest BCUT2D eigenvalue weighted by molar-refractivity contribution is -0.141. The van der Waals surface area contributed by atoms with Gasteiger partial charge in [0.15, 0.2) is 11.5 Å². The minimum absolute atomic E-state index is 0.0552. The summed E-state index contributed by atoms with van der Waals surface area (Å²) in [6.07, 6.45) is -3.06. The maximum absolute atomic E-state index is 13.0. The summed E-state index contributed by atoms with van der Waals surface area (Å²) < 4.78 is 39.1. The topological polar surface area (TPSA) is 53.9 Å². The van der Waals surface area contributed by atoms with Crippen molar-refractivity contribution >= 4 is 5.82 Å². The molecule has 2 rings (SSSR count).